The maximum atomic E-state index is 11.4. The summed E-state index contributed by atoms with van der Waals surface area (Å²) in [4.78, 5) is 8.48. The average molecular weight is 281 g/mol. The van der Waals surface area contributed by atoms with Crippen LogP contribution in [0.5, 0.6) is 0 Å². The van der Waals surface area contributed by atoms with Crippen molar-refractivity contribution >= 4 is 21.8 Å². The van der Waals surface area contributed by atoms with E-state index >= 15 is 0 Å². The van der Waals surface area contributed by atoms with Crippen molar-refractivity contribution < 1.29 is 4.21 Å². The van der Waals surface area contributed by atoms with Gasteiger partial charge in [-0.2, -0.15) is 5.26 Å². The quantitative estimate of drug-likeness (QED) is 0.785. The van der Waals surface area contributed by atoms with Crippen LogP contribution in [0.3, 0.4) is 0 Å². The number of nitriles is 1. The summed E-state index contributed by atoms with van der Waals surface area (Å²) in [5.41, 5.74) is 3.18. The molecular weight excluding hydrogens is 270 g/mol. The Kier molecular flexibility index (Phi) is 3.09. The summed E-state index contributed by atoms with van der Waals surface area (Å²) in [5, 5.41) is 8.89. The van der Waals surface area contributed by atoms with Gasteiger partial charge in [0.1, 0.15) is 5.82 Å². The molecule has 0 aliphatic rings. The Morgan fingerprint density at radius 2 is 1.95 bits per heavy atom. The molecule has 0 bridgehead atoms. The molecule has 4 nitrogen and oxygen atoms in total. The van der Waals surface area contributed by atoms with Gasteiger partial charge in [0.05, 0.1) is 22.7 Å². The number of H-pyrrole nitrogens is 1. The zero-order chi connectivity index (χ0) is 14.1. The zero-order valence-electron chi connectivity index (χ0n) is 10.8. The van der Waals surface area contributed by atoms with E-state index in [0.717, 1.165) is 27.3 Å². The minimum absolute atomic E-state index is 0.601. The van der Waals surface area contributed by atoms with Crippen LogP contribution >= 0.6 is 0 Å². The van der Waals surface area contributed by atoms with Crippen LogP contribution in [-0.2, 0) is 10.8 Å². The second-order valence-electron chi connectivity index (χ2n) is 4.41. The highest BCUT2D eigenvalue weighted by atomic mass is 32.2. The standard InChI is InChI=1S/C15H11N3OS/c1-20(19)12-5-3-11(4-6-12)15-17-13-7-2-10(9-16)8-14(13)18-15/h2-8H,1H3,(H,17,18). The number of hydrogen-bond donors (Lipinski definition) is 1. The van der Waals surface area contributed by atoms with Gasteiger partial charge in [-0.05, 0) is 30.3 Å². The number of aromatic nitrogens is 2. The van der Waals surface area contributed by atoms with E-state index in [9.17, 15) is 4.21 Å². The van der Waals surface area contributed by atoms with Crippen LogP contribution in [0.2, 0.25) is 0 Å². The van der Waals surface area contributed by atoms with E-state index < -0.39 is 10.8 Å². The number of nitrogens with one attached hydrogen (secondary N) is 1. The van der Waals surface area contributed by atoms with Crippen LogP contribution in [0.15, 0.2) is 47.4 Å². The molecule has 0 saturated carbocycles. The van der Waals surface area contributed by atoms with Gasteiger partial charge in [-0.25, -0.2) is 4.98 Å². The molecule has 1 N–H and O–H groups in total. The first-order valence-electron chi connectivity index (χ1n) is 6.01. The number of hydrogen-bond acceptors (Lipinski definition) is 3. The topological polar surface area (TPSA) is 69.5 Å². The van der Waals surface area contributed by atoms with Gasteiger partial charge in [0.2, 0.25) is 0 Å². The van der Waals surface area contributed by atoms with E-state index in [0.29, 0.717) is 5.56 Å². The molecule has 98 valence electrons. The largest absolute Gasteiger partial charge is 0.338 e. The van der Waals surface area contributed by atoms with E-state index in [1.165, 1.54) is 0 Å². The highest BCUT2D eigenvalue weighted by molar-refractivity contribution is 7.84. The lowest BCUT2D eigenvalue weighted by Crippen LogP contribution is -1.87. The Balaban J connectivity index is 2.05. The second-order valence-corrected chi connectivity index (χ2v) is 5.79. The molecule has 1 atom stereocenters. The van der Waals surface area contributed by atoms with Crippen molar-refractivity contribution in [1.29, 1.82) is 5.26 Å². The summed E-state index contributed by atoms with van der Waals surface area (Å²) >= 11 is 0. The zero-order valence-corrected chi connectivity index (χ0v) is 11.6. The molecule has 0 aliphatic heterocycles. The fourth-order valence-corrected chi connectivity index (χ4v) is 2.54. The minimum atomic E-state index is -0.979. The van der Waals surface area contributed by atoms with Gasteiger partial charge < -0.3 is 4.98 Å². The highest BCUT2D eigenvalue weighted by Crippen LogP contribution is 2.22. The molecule has 2 aromatic carbocycles. The van der Waals surface area contributed by atoms with Crippen LogP contribution in [0, 0.1) is 11.3 Å². The first-order chi connectivity index (χ1) is 9.67. The van der Waals surface area contributed by atoms with E-state index in [1.807, 2.05) is 30.3 Å². The molecule has 3 rings (SSSR count). The summed E-state index contributed by atoms with van der Waals surface area (Å²) in [6.45, 7) is 0. The molecule has 1 aromatic heterocycles. The SMILES string of the molecule is CS(=O)c1ccc(-c2nc3ccc(C#N)cc3[nH]2)cc1. The monoisotopic (exact) mass is 281 g/mol. The fourth-order valence-electron chi connectivity index (χ4n) is 2.02. The smallest absolute Gasteiger partial charge is 0.138 e. The maximum Gasteiger partial charge on any atom is 0.138 e. The molecule has 0 saturated heterocycles. The van der Waals surface area contributed by atoms with Crippen LogP contribution in [0.25, 0.3) is 22.4 Å². The third-order valence-corrected chi connectivity index (χ3v) is 4.01. The Bertz CT molecular complexity index is 844. The predicted octanol–water partition coefficient (Wildman–Crippen LogP) is 2.84. The minimum Gasteiger partial charge on any atom is -0.338 e. The van der Waals surface area contributed by atoms with Crippen LogP contribution in [-0.4, -0.2) is 20.4 Å². The lowest BCUT2D eigenvalue weighted by molar-refractivity contribution is 0.687. The molecule has 20 heavy (non-hydrogen) atoms. The number of benzene rings is 2. The number of nitrogens with zero attached hydrogens (tertiary/aromatic N) is 2. The average Bonchev–Trinajstić information content (AvgIpc) is 2.90. The molecule has 1 heterocycles. The summed E-state index contributed by atoms with van der Waals surface area (Å²) in [6.07, 6.45) is 1.65. The molecule has 0 radical (unpaired) electrons. The molecule has 0 fully saturated rings. The molecule has 0 aliphatic carbocycles. The van der Waals surface area contributed by atoms with Gasteiger partial charge >= 0.3 is 0 Å². The number of rotatable bonds is 2. The third kappa shape index (κ3) is 2.22. The summed E-state index contributed by atoms with van der Waals surface area (Å²) < 4.78 is 11.4. The van der Waals surface area contributed by atoms with Crippen molar-refractivity contribution in [1.82, 2.24) is 9.97 Å². The number of fused-ring (bicyclic) bond motifs is 1. The Labute approximate surface area is 118 Å². The van der Waals surface area contributed by atoms with E-state index in [4.69, 9.17) is 5.26 Å². The van der Waals surface area contributed by atoms with Crippen LogP contribution in [0.1, 0.15) is 5.56 Å². The summed E-state index contributed by atoms with van der Waals surface area (Å²) in [5.74, 6) is 0.739. The van der Waals surface area contributed by atoms with Crippen molar-refractivity contribution in [3.05, 3.63) is 48.0 Å². The first kappa shape index (κ1) is 12.6. The number of aromatic amines is 1. The molecule has 0 spiro atoms. The molecule has 0 amide bonds. The van der Waals surface area contributed by atoms with Crippen LogP contribution < -0.4 is 0 Å². The number of imidazole rings is 1. The van der Waals surface area contributed by atoms with Gasteiger partial charge in [0.15, 0.2) is 0 Å². The van der Waals surface area contributed by atoms with Crippen molar-refractivity contribution in [2.24, 2.45) is 0 Å². The van der Waals surface area contributed by atoms with Gasteiger partial charge in [0, 0.05) is 27.5 Å². The van der Waals surface area contributed by atoms with Gasteiger partial charge in [-0.15, -0.1) is 0 Å². The van der Waals surface area contributed by atoms with Crippen molar-refractivity contribution in [3.8, 4) is 17.5 Å². The lowest BCUT2D eigenvalue weighted by atomic mass is 10.2. The Morgan fingerprint density at radius 1 is 1.20 bits per heavy atom. The van der Waals surface area contributed by atoms with Crippen LogP contribution in [0.4, 0.5) is 0 Å². The Hall–Kier alpha value is -2.45. The van der Waals surface area contributed by atoms with Gasteiger partial charge in [0.25, 0.3) is 0 Å². The molecule has 1 unspecified atom stereocenters. The van der Waals surface area contributed by atoms with Gasteiger partial charge in [-0.1, -0.05) is 12.1 Å². The fraction of sp³-hybridized carbons (Fsp3) is 0.0667. The normalized spacial score (nSPS) is 12.2. The summed E-state index contributed by atoms with van der Waals surface area (Å²) in [7, 11) is -0.979. The van der Waals surface area contributed by atoms with Crippen molar-refractivity contribution in [2.45, 2.75) is 4.90 Å². The van der Waals surface area contributed by atoms with E-state index in [1.54, 1.807) is 18.4 Å². The molecular formula is C15H11N3OS. The summed E-state index contributed by atoms with van der Waals surface area (Å²) in [6, 6.07) is 14.9. The lowest BCUT2D eigenvalue weighted by Gasteiger charge is -1.98. The third-order valence-electron chi connectivity index (χ3n) is 3.07. The maximum absolute atomic E-state index is 11.4. The molecule has 3 aromatic rings. The molecule has 5 heteroatoms. The first-order valence-corrected chi connectivity index (χ1v) is 7.57. The predicted molar refractivity (Wildman–Crippen MR) is 78.6 cm³/mol. The second kappa shape index (κ2) is 4.91. The van der Waals surface area contributed by atoms with Crippen molar-refractivity contribution in [3.63, 3.8) is 0 Å². The Morgan fingerprint density at radius 3 is 2.60 bits per heavy atom. The highest BCUT2D eigenvalue weighted by Gasteiger charge is 2.06. The van der Waals surface area contributed by atoms with E-state index in [2.05, 4.69) is 16.0 Å². The van der Waals surface area contributed by atoms with Crippen molar-refractivity contribution in [2.75, 3.05) is 6.26 Å². The van der Waals surface area contributed by atoms with E-state index in [-0.39, 0.29) is 0 Å². The van der Waals surface area contributed by atoms with Gasteiger partial charge in [-0.3, -0.25) is 4.21 Å².